The summed E-state index contributed by atoms with van der Waals surface area (Å²) in [7, 11) is -2.94. The van der Waals surface area contributed by atoms with Gasteiger partial charge >= 0.3 is 0 Å². The minimum absolute atomic E-state index is 0.110. The van der Waals surface area contributed by atoms with Crippen molar-refractivity contribution in [1.29, 1.82) is 0 Å². The lowest BCUT2D eigenvalue weighted by molar-refractivity contribution is 0.111. The van der Waals surface area contributed by atoms with Crippen molar-refractivity contribution in [3.63, 3.8) is 0 Å². The molecule has 0 atom stereocenters. The van der Waals surface area contributed by atoms with E-state index in [4.69, 9.17) is 0 Å². The highest BCUT2D eigenvalue weighted by molar-refractivity contribution is 7.91. The Morgan fingerprint density at radius 1 is 1.21 bits per heavy atom. The van der Waals surface area contributed by atoms with E-state index in [9.17, 15) is 13.2 Å². The molecule has 1 aliphatic rings. The largest absolute Gasteiger partial charge is 0.353 e. The number of aromatic nitrogens is 2. The van der Waals surface area contributed by atoms with Crippen LogP contribution in [0.4, 0.5) is 5.82 Å². The van der Waals surface area contributed by atoms with Crippen molar-refractivity contribution in [2.45, 2.75) is 0 Å². The third-order valence-corrected chi connectivity index (χ3v) is 4.91. The van der Waals surface area contributed by atoms with Crippen LogP contribution < -0.4 is 4.90 Å². The maximum absolute atomic E-state index is 11.4. The molecule has 1 aliphatic heterocycles. The number of hydrogen-bond donors (Lipinski definition) is 0. The van der Waals surface area contributed by atoms with Gasteiger partial charge < -0.3 is 4.90 Å². The number of pyridine rings is 1. The quantitative estimate of drug-likeness (QED) is 0.743. The van der Waals surface area contributed by atoms with Gasteiger partial charge in [-0.1, -0.05) is 6.07 Å². The van der Waals surface area contributed by atoms with Crippen molar-refractivity contribution in [1.82, 2.24) is 9.38 Å². The zero-order valence-corrected chi connectivity index (χ0v) is 11.0. The van der Waals surface area contributed by atoms with Crippen LogP contribution in [-0.4, -0.2) is 48.7 Å². The fourth-order valence-corrected chi connectivity index (χ4v) is 3.47. The van der Waals surface area contributed by atoms with Crippen LogP contribution in [-0.2, 0) is 9.84 Å². The first kappa shape index (κ1) is 12.2. The number of carbonyl (C=O) groups excluding carboxylic acids is 1. The number of anilines is 1. The number of fused-ring (bicyclic) bond motifs is 1. The van der Waals surface area contributed by atoms with Crippen molar-refractivity contribution in [3.05, 3.63) is 30.1 Å². The first-order valence-corrected chi connectivity index (χ1v) is 7.80. The summed E-state index contributed by atoms with van der Waals surface area (Å²) in [6, 6.07) is 5.49. The second-order valence-corrected chi connectivity index (χ2v) is 6.81. The highest BCUT2D eigenvalue weighted by Crippen LogP contribution is 2.22. The molecule has 0 saturated carbocycles. The molecule has 3 heterocycles. The van der Waals surface area contributed by atoms with Gasteiger partial charge in [0.05, 0.1) is 11.5 Å². The van der Waals surface area contributed by atoms with Crippen molar-refractivity contribution < 1.29 is 13.2 Å². The third-order valence-electron chi connectivity index (χ3n) is 3.30. The van der Waals surface area contributed by atoms with Gasteiger partial charge in [0.1, 0.15) is 11.3 Å². The molecule has 0 aliphatic carbocycles. The summed E-state index contributed by atoms with van der Waals surface area (Å²) in [5.74, 6) is 0.786. The van der Waals surface area contributed by atoms with Crippen molar-refractivity contribution in [2.24, 2.45) is 0 Å². The van der Waals surface area contributed by atoms with Gasteiger partial charge in [0.2, 0.25) is 0 Å². The fraction of sp³-hybridized carbons (Fsp3) is 0.333. The normalized spacial score (nSPS) is 18.6. The van der Waals surface area contributed by atoms with E-state index in [-0.39, 0.29) is 11.5 Å². The summed E-state index contributed by atoms with van der Waals surface area (Å²) in [4.78, 5) is 17.5. The number of carbonyl (C=O) groups is 1. The number of hydrogen-bond acceptors (Lipinski definition) is 5. The summed E-state index contributed by atoms with van der Waals surface area (Å²) in [6.07, 6.45) is 2.54. The lowest BCUT2D eigenvalue weighted by Crippen LogP contribution is -2.40. The molecular formula is C12H13N3O3S. The highest BCUT2D eigenvalue weighted by Gasteiger charge is 2.25. The maximum atomic E-state index is 11.4. The van der Waals surface area contributed by atoms with Gasteiger partial charge in [0, 0.05) is 19.3 Å². The minimum atomic E-state index is -2.94. The van der Waals surface area contributed by atoms with Gasteiger partial charge in [-0.15, -0.1) is 0 Å². The van der Waals surface area contributed by atoms with E-state index in [1.165, 1.54) is 0 Å². The number of aldehydes is 1. The molecule has 0 radical (unpaired) electrons. The van der Waals surface area contributed by atoms with Gasteiger partial charge in [-0.05, 0) is 12.1 Å². The van der Waals surface area contributed by atoms with Crippen LogP contribution >= 0.6 is 0 Å². The summed E-state index contributed by atoms with van der Waals surface area (Å²) in [5.41, 5.74) is 1.16. The lowest BCUT2D eigenvalue weighted by Gasteiger charge is -2.26. The Morgan fingerprint density at radius 2 is 1.95 bits per heavy atom. The average Bonchev–Trinajstić information content (AvgIpc) is 2.77. The second-order valence-electron chi connectivity index (χ2n) is 4.51. The second kappa shape index (κ2) is 4.34. The molecule has 2 aromatic rings. The predicted molar refractivity (Wildman–Crippen MR) is 71.4 cm³/mol. The Morgan fingerprint density at radius 3 is 2.63 bits per heavy atom. The Hall–Kier alpha value is -1.89. The summed E-state index contributed by atoms with van der Waals surface area (Å²) in [6.45, 7) is 0.764. The predicted octanol–water partition coefficient (Wildman–Crippen LogP) is 0.382. The molecule has 0 N–H and O–H groups in total. The zero-order valence-electron chi connectivity index (χ0n) is 10.2. The standard InChI is InChI=1S/C12H13N3O3S/c16-9-10-12(13-11-3-1-2-4-15(10)11)14-5-7-19(17,18)8-6-14/h1-4,9H,5-8H2. The SMILES string of the molecule is O=Cc1c(N2CCS(=O)(=O)CC2)nc2ccccn12. The Kier molecular flexibility index (Phi) is 2.78. The highest BCUT2D eigenvalue weighted by atomic mass is 32.2. The molecule has 19 heavy (non-hydrogen) atoms. The molecule has 0 bridgehead atoms. The van der Waals surface area contributed by atoms with Gasteiger partial charge in [0.15, 0.2) is 21.9 Å². The fourth-order valence-electron chi connectivity index (χ4n) is 2.27. The first-order chi connectivity index (χ1) is 9.11. The van der Waals surface area contributed by atoms with Gasteiger partial charge in [0.25, 0.3) is 0 Å². The number of nitrogens with zero attached hydrogens (tertiary/aromatic N) is 3. The molecular weight excluding hydrogens is 266 g/mol. The van der Waals surface area contributed by atoms with E-state index in [1.807, 2.05) is 23.1 Å². The Bertz CT molecular complexity index is 722. The lowest BCUT2D eigenvalue weighted by atomic mass is 10.4. The maximum Gasteiger partial charge on any atom is 0.170 e. The van der Waals surface area contributed by atoms with Gasteiger partial charge in [-0.25, -0.2) is 13.4 Å². The summed E-state index contributed by atoms with van der Waals surface area (Å²) < 4.78 is 24.6. The molecule has 2 aromatic heterocycles. The van der Waals surface area contributed by atoms with Crippen molar-refractivity contribution >= 4 is 27.6 Å². The van der Waals surface area contributed by atoms with Crippen LogP contribution in [0.15, 0.2) is 24.4 Å². The molecule has 0 aromatic carbocycles. The molecule has 0 amide bonds. The molecule has 1 fully saturated rings. The van der Waals surface area contributed by atoms with Crippen LogP contribution in [0, 0.1) is 0 Å². The Labute approximate surface area is 110 Å². The molecule has 6 nitrogen and oxygen atoms in total. The molecule has 1 saturated heterocycles. The Balaban J connectivity index is 2.03. The first-order valence-electron chi connectivity index (χ1n) is 5.98. The third kappa shape index (κ3) is 2.10. The van der Waals surface area contributed by atoms with E-state index < -0.39 is 9.84 Å². The van der Waals surface area contributed by atoms with Crippen LogP contribution in [0.5, 0.6) is 0 Å². The average molecular weight is 279 g/mol. The smallest absolute Gasteiger partial charge is 0.170 e. The van der Waals surface area contributed by atoms with Crippen LogP contribution in [0.2, 0.25) is 0 Å². The van der Waals surface area contributed by atoms with E-state index in [1.54, 1.807) is 10.6 Å². The van der Waals surface area contributed by atoms with Crippen LogP contribution in [0.25, 0.3) is 5.65 Å². The molecule has 7 heteroatoms. The van der Waals surface area contributed by atoms with E-state index in [0.717, 1.165) is 6.29 Å². The van der Waals surface area contributed by atoms with Gasteiger partial charge in [-0.2, -0.15) is 0 Å². The molecule has 3 rings (SSSR count). The molecule has 0 unspecified atom stereocenters. The molecule has 100 valence electrons. The number of sulfone groups is 1. The van der Waals surface area contributed by atoms with Crippen molar-refractivity contribution in [2.75, 3.05) is 29.5 Å². The van der Waals surface area contributed by atoms with E-state index >= 15 is 0 Å². The minimum Gasteiger partial charge on any atom is -0.353 e. The van der Waals surface area contributed by atoms with Crippen LogP contribution in [0.3, 0.4) is 0 Å². The monoisotopic (exact) mass is 279 g/mol. The van der Waals surface area contributed by atoms with E-state index in [2.05, 4.69) is 4.98 Å². The van der Waals surface area contributed by atoms with E-state index in [0.29, 0.717) is 30.2 Å². The number of imidazole rings is 1. The van der Waals surface area contributed by atoms with Crippen molar-refractivity contribution in [3.8, 4) is 0 Å². The molecule has 0 spiro atoms. The number of rotatable bonds is 2. The summed E-state index contributed by atoms with van der Waals surface area (Å²) >= 11 is 0. The zero-order chi connectivity index (χ0) is 13.5. The van der Waals surface area contributed by atoms with Gasteiger partial charge in [-0.3, -0.25) is 9.20 Å². The van der Waals surface area contributed by atoms with Crippen LogP contribution in [0.1, 0.15) is 10.5 Å². The topological polar surface area (TPSA) is 71.8 Å². The summed E-state index contributed by atoms with van der Waals surface area (Å²) in [5, 5.41) is 0.